The molecule has 0 bridgehead atoms. The zero-order valence-corrected chi connectivity index (χ0v) is 26.4. The number of hydrogen-bond donors (Lipinski definition) is 1. The lowest BCUT2D eigenvalue weighted by atomic mass is 9.92. The summed E-state index contributed by atoms with van der Waals surface area (Å²) in [4.78, 5) is 15.2. The topological polar surface area (TPSA) is 128 Å². The van der Waals surface area contributed by atoms with Crippen molar-refractivity contribution in [2.45, 2.75) is 42.2 Å². The molecular weight excluding hydrogens is 600 g/mol. The minimum atomic E-state index is -4.93. The van der Waals surface area contributed by atoms with Gasteiger partial charge in [0.1, 0.15) is 0 Å². The van der Waals surface area contributed by atoms with Crippen LogP contribution in [0.5, 0.6) is 0 Å². The van der Waals surface area contributed by atoms with E-state index in [-0.39, 0.29) is 17.1 Å². The highest BCUT2D eigenvalue weighted by Crippen LogP contribution is 2.63. The lowest BCUT2D eigenvalue weighted by Crippen LogP contribution is -2.28. The Balaban J connectivity index is 1.87. The van der Waals surface area contributed by atoms with Crippen LogP contribution in [-0.4, -0.2) is 45.8 Å². The number of aromatic nitrogens is 1. The Morgan fingerprint density at radius 1 is 0.929 bits per heavy atom. The van der Waals surface area contributed by atoms with Crippen LogP contribution in [0.1, 0.15) is 37.5 Å². The summed E-state index contributed by atoms with van der Waals surface area (Å²) in [6.45, 7) is 4.50. The number of benzene rings is 3. The van der Waals surface area contributed by atoms with Crippen molar-refractivity contribution in [3.05, 3.63) is 95.7 Å². The Hall–Kier alpha value is -2.95. The molecule has 0 spiro atoms. The lowest BCUT2D eigenvalue weighted by molar-refractivity contribution is 0.170. The zero-order valence-electron chi connectivity index (χ0n) is 23.9. The molecule has 3 aromatic carbocycles. The first-order valence-electron chi connectivity index (χ1n) is 13.1. The lowest BCUT2D eigenvalue weighted by Gasteiger charge is -2.30. The molecule has 1 N–H and O–H groups in total. The van der Waals surface area contributed by atoms with E-state index in [4.69, 9.17) is 4.52 Å². The molecule has 224 valence electrons. The number of nitrogens with zero attached hydrogens (tertiary/aromatic N) is 1. The van der Waals surface area contributed by atoms with Crippen LogP contribution in [0.3, 0.4) is 0 Å². The molecule has 42 heavy (non-hydrogen) atoms. The van der Waals surface area contributed by atoms with Crippen molar-refractivity contribution < 1.29 is 35.2 Å². The van der Waals surface area contributed by atoms with Gasteiger partial charge in [-0.3, -0.25) is 9.55 Å². The second-order valence-corrected chi connectivity index (χ2v) is 17.3. The largest absolute Gasteiger partial charge is 0.369 e. The molecule has 2 atom stereocenters. The molecule has 0 saturated carbocycles. The summed E-state index contributed by atoms with van der Waals surface area (Å²) < 4.78 is 83.1. The Morgan fingerprint density at radius 3 is 2.19 bits per heavy atom. The molecule has 0 aliphatic rings. The molecule has 0 aliphatic carbocycles. The van der Waals surface area contributed by atoms with Gasteiger partial charge >= 0.3 is 7.60 Å². The van der Waals surface area contributed by atoms with E-state index in [2.05, 4.69) is 4.98 Å². The quantitative estimate of drug-likeness (QED) is 0.205. The van der Waals surface area contributed by atoms with Gasteiger partial charge in [0, 0.05) is 41.6 Å². The number of rotatable bonds is 10. The highest BCUT2D eigenvalue weighted by Gasteiger charge is 2.51. The third-order valence-electron chi connectivity index (χ3n) is 7.48. The molecule has 1 heterocycles. The van der Waals surface area contributed by atoms with Crippen LogP contribution in [-0.2, 0) is 45.3 Å². The van der Waals surface area contributed by atoms with Gasteiger partial charge in [-0.2, -0.15) is 0 Å². The van der Waals surface area contributed by atoms with E-state index in [0.717, 1.165) is 6.26 Å². The molecule has 4 rings (SSSR count). The molecule has 12 heteroatoms. The number of pyridine rings is 1. The van der Waals surface area contributed by atoms with Crippen molar-refractivity contribution in [1.82, 2.24) is 4.98 Å². The maximum Gasteiger partial charge on any atom is 0.369 e. The van der Waals surface area contributed by atoms with Gasteiger partial charge in [0.2, 0.25) is 5.41 Å². The van der Waals surface area contributed by atoms with E-state index >= 15 is 4.39 Å². The van der Waals surface area contributed by atoms with E-state index in [9.17, 15) is 26.3 Å². The highest BCUT2D eigenvalue weighted by atomic mass is 32.2. The van der Waals surface area contributed by atoms with Crippen molar-refractivity contribution in [3.63, 3.8) is 0 Å². The van der Waals surface area contributed by atoms with Crippen molar-refractivity contribution in [3.8, 4) is 11.1 Å². The van der Waals surface area contributed by atoms with Gasteiger partial charge in [0.25, 0.3) is 0 Å². The van der Waals surface area contributed by atoms with E-state index in [1.807, 2.05) is 6.07 Å². The smallest absolute Gasteiger partial charge is 0.322 e. The molecular formula is C30H33FNO7PS2. The summed E-state index contributed by atoms with van der Waals surface area (Å²) in [5.41, 5.74) is 2.51. The van der Waals surface area contributed by atoms with Gasteiger partial charge < -0.3 is 9.42 Å². The predicted molar refractivity (Wildman–Crippen MR) is 163 cm³/mol. The number of halogens is 1. The summed E-state index contributed by atoms with van der Waals surface area (Å²) in [7, 11) is -12.0. The average Bonchev–Trinajstić information content (AvgIpc) is 2.91. The number of sulfone groups is 2. The summed E-state index contributed by atoms with van der Waals surface area (Å²) in [5, 5.41) is -2.19. The monoisotopic (exact) mass is 633 g/mol. The Kier molecular flexibility index (Phi) is 8.59. The second kappa shape index (κ2) is 11.3. The van der Waals surface area contributed by atoms with E-state index in [1.54, 1.807) is 62.5 Å². The Morgan fingerprint density at radius 2 is 1.60 bits per heavy atom. The summed E-state index contributed by atoms with van der Waals surface area (Å²) in [5.74, 6) is 0. The van der Waals surface area contributed by atoms with Crippen molar-refractivity contribution in [1.29, 1.82) is 0 Å². The van der Waals surface area contributed by atoms with Crippen LogP contribution in [0.2, 0.25) is 0 Å². The standard InChI is InChI=1S/C30H33FNO7PS2/c1-6-39-40(33,34)30(31,24-12-14-26(15-13-24)41(4,35)36)20-21-9-7-10-22(17-21)27-19-25(29(2,3)42(5,37)38)18-23-11-8-16-32-28(23)27/h7-19H,6,20H2,1-5H3,(H,33,34). The van der Waals surface area contributed by atoms with Gasteiger partial charge in [-0.25, -0.2) is 21.2 Å². The fraction of sp³-hybridized carbons (Fsp3) is 0.300. The van der Waals surface area contributed by atoms with Crippen LogP contribution in [0.25, 0.3) is 22.0 Å². The summed E-state index contributed by atoms with van der Waals surface area (Å²) >= 11 is 0. The molecule has 0 saturated heterocycles. The average molecular weight is 634 g/mol. The predicted octanol–water partition coefficient (Wildman–Crippen LogP) is 6.17. The fourth-order valence-electron chi connectivity index (χ4n) is 4.69. The first-order valence-corrected chi connectivity index (χ1v) is 18.4. The molecule has 4 aromatic rings. The molecule has 0 fully saturated rings. The number of fused-ring (bicyclic) bond motifs is 1. The van der Waals surface area contributed by atoms with Crippen LogP contribution in [0.15, 0.2) is 83.9 Å². The third-order valence-corrected chi connectivity index (χ3v) is 12.6. The SMILES string of the molecule is CCOP(=O)(O)C(F)(Cc1cccc(-c2cc(C(C)(C)S(C)(=O)=O)cc3cccnc23)c1)c1ccc(S(C)(=O)=O)cc1. The molecule has 1 aromatic heterocycles. The van der Waals surface area contributed by atoms with Gasteiger partial charge in [0.15, 0.2) is 19.7 Å². The number of alkyl halides is 1. The van der Waals surface area contributed by atoms with Crippen LogP contribution < -0.4 is 0 Å². The minimum absolute atomic E-state index is 0.0592. The molecule has 2 unspecified atom stereocenters. The van der Waals surface area contributed by atoms with Gasteiger partial charge in [-0.15, -0.1) is 0 Å². The van der Waals surface area contributed by atoms with Gasteiger partial charge in [-0.05, 0) is 67.8 Å². The maximum atomic E-state index is 16.9. The molecule has 0 aliphatic heterocycles. The van der Waals surface area contributed by atoms with Gasteiger partial charge in [-0.1, -0.05) is 42.5 Å². The molecule has 8 nitrogen and oxygen atoms in total. The highest BCUT2D eigenvalue weighted by molar-refractivity contribution is 7.91. The van der Waals surface area contributed by atoms with Crippen molar-refractivity contribution in [2.75, 3.05) is 19.1 Å². The summed E-state index contributed by atoms with van der Waals surface area (Å²) in [6, 6.07) is 18.5. The van der Waals surface area contributed by atoms with Crippen molar-refractivity contribution >= 4 is 38.2 Å². The normalized spacial score (nSPS) is 15.7. The second-order valence-electron chi connectivity index (χ2n) is 10.8. The molecule has 0 amide bonds. The molecule has 0 radical (unpaired) electrons. The third kappa shape index (κ3) is 6.07. The zero-order chi connectivity index (χ0) is 31.1. The van der Waals surface area contributed by atoms with E-state index in [0.29, 0.717) is 33.2 Å². The van der Waals surface area contributed by atoms with Crippen molar-refractivity contribution in [2.24, 2.45) is 0 Å². The van der Waals surface area contributed by atoms with E-state index < -0.39 is 43.8 Å². The number of hydrogen-bond acceptors (Lipinski definition) is 7. The first kappa shape index (κ1) is 32.0. The minimum Gasteiger partial charge on any atom is -0.322 e. The Bertz CT molecular complexity index is 1910. The van der Waals surface area contributed by atoms with Crippen LogP contribution in [0.4, 0.5) is 4.39 Å². The summed E-state index contributed by atoms with van der Waals surface area (Å²) in [6.07, 6.45) is 3.24. The van der Waals surface area contributed by atoms with Crippen LogP contribution >= 0.6 is 7.60 Å². The Labute approximate surface area is 246 Å². The van der Waals surface area contributed by atoms with Gasteiger partial charge in [0.05, 0.1) is 21.8 Å². The maximum absolute atomic E-state index is 16.9. The first-order chi connectivity index (χ1) is 19.4. The van der Waals surface area contributed by atoms with Crippen LogP contribution in [0, 0.1) is 0 Å². The fourth-order valence-corrected chi connectivity index (χ4v) is 7.28. The van der Waals surface area contributed by atoms with E-state index in [1.165, 1.54) is 37.4 Å².